The first-order valence-electron chi connectivity index (χ1n) is 9.96. The highest BCUT2D eigenvalue weighted by atomic mass is 16.2. The van der Waals surface area contributed by atoms with E-state index in [1.54, 1.807) is 29.2 Å². The predicted molar refractivity (Wildman–Crippen MR) is 115 cm³/mol. The fraction of sp³-hybridized carbons (Fsp3) is 0.348. The van der Waals surface area contributed by atoms with Crippen molar-refractivity contribution in [3.05, 3.63) is 54.1 Å². The van der Waals surface area contributed by atoms with E-state index < -0.39 is 5.92 Å². The number of amides is 3. The zero-order chi connectivity index (χ0) is 21.0. The molecular weight excluding hydrogens is 366 g/mol. The summed E-state index contributed by atoms with van der Waals surface area (Å²) in [6, 6.07) is 14.9. The number of nitrogens with zero attached hydrogens (tertiary/aromatic N) is 1. The Morgan fingerprint density at radius 2 is 1.69 bits per heavy atom. The van der Waals surface area contributed by atoms with Gasteiger partial charge in [0.1, 0.15) is 0 Å². The summed E-state index contributed by atoms with van der Waals surface area (Å²) in [6.07, 6.45) is 1.18. The maximum atomic E-state index is 12.7. The Balaban J connectivity index is 1.69. The monoisotopic (exact) mass is 393 g/mol. The van der Waals surface area contributed by atoms with E-state index in [0.717, 1.165) is 17.7 Å². The molecule has 29 heavy (non-hydrogen) atoms. The Kier molecular flexibility index (Phi) is 6.32. The summed E-state index contributed by atoms with van der Waals surface area (Å²) < 4.78 is 0. The minimum Gasteiger partial charge on any atom is -0.326 e. The summed E-state index contributed by atoms with van der Waals surface area (Å²) in [5.74, 6) is -0.406. The zero-order valence-electron chi connectivity index (χ0n) is 17.1. The Hall–Kier alpha value is -3.15. The number of benzene rings is 2. The van der Waals surface area contributed by atoms with Crippen LogP contribution in [0.3, 0.4) is 0 Å². The van der Waals surface area contributed by atoms with Crippen LogP contribution >= 0.6 is 0 Å². The predicted octanol–water partition coefficient (Wildman–Crippen LogP) is 4.15. The fourth-order valence-corrected chi connectivity index (χ4v) is 3.57. The molecule has 0 saturated carbocycles. The molecule has 0 aliphatic carbocycles. The molecule has 2 aromatic carbocycles. The summed E-state index contributed by atoms with van der Waals surface area (Å²) in [5.41, 5.74) is 3.34. The van der Waals surface area contributed by atoms with Crippen molar-refractivity contribution in [1.82, 2.24) is 0 Å². The van der Waals surface area contributed by atoms with Gasteiger partial charge in [0, 0.05) is 37.0 Å². The molecule has 0 bridgehead atoms. The van der Waals surface area contributed by atoms with Crippen molar-refractivity contribution < 1.29 is 14.4 Å². The lowest BCUT2D eigenvalue weighted by Gasteiger charge is -2.23. The average molecular weight is 393 g/mol. The van der Waals surface area contributed by atoms with Crippen LogP contribution in [0.25, 0.3) is 0 Å². The van der Waals surface area contributed by atoms with Gasteiger partial charge in [0.25, 0.3) is 0 Å². The van der Waals surface area contributed by atoms with E-state index in [1.807, 2.05) is 18.2 Å². The van der Waals surface area contributed by atoms with E-state index in [-0.39, 0.29) is 24.1 Å². The van der Waals surface area contributed by atoms with E-state index in [2.05, 4.69) is 30.5 Å². The number of hydrogen-bond acceptors (Lipinski definition) is 3. The van der Waals surface area contributed by atoms with Gasteiger partial charge in [0.15, 0.2) is 0 Å². The van der Waals surface area contributed by atoms with Crippen LogP contribution in [0.4, 0.5) is 17.1 Å². The van der Waals surface area contributed by atoms with Crippen LogP contribution in [0.1, 0.15) is 45.1 Å². The first kappa shape index (κ1) is 20.6. The maximum absolute atomic E-state index is 12.7. The number of carbonyl (C=O) groups is 3. The quantitative estimate of drug-likeness (QED) is 0.774. The largest absolute Gasteiger partial charge is 0.326 e. The third kappa shape index (κ3) is 4.83. The molecule has 0 aromatic heterocycles. The molecule has 3 rings (SSSR count). The van der Waals surface area contributed by atoms with Crippen molar-refractivity contribution >= 4 is 34.8 Å². The van der Waals surface area contributed by atoms with Crippen molar-refractivity contribution in [2.24, 2.45) is 5.92 Å². The summed E-state index contributed by atoms with van der Waals surface area (Å²) in [4.78, 5) is 38.2. The molecule has 2 aromatic rings. The molecular formula is C23H27N3O3. The van der Waals surface area contributed by atoms with Gasteiger partial charge < -0.3 is 15.5 Å². The molecule has 0 radical (unpaired) electrons. The molecule has 6 nitrogen and oxygen atoms in total. The van der Waals surface area contributed by atoms with Gasteiger partial charge in [-0.3, -0.25) is 14.4 Å². The number of nitrogens with one attached hydrogen (secondary N) is 2. The lowest BCUT2D eigenvalue weighted by atomic mass is 9.96. The van der Waals surface area contributed by atoms with E-state index in [4.69, 9.17) is 0 Å². The minimum atomic E-state index is -0.400. The van der Waals surface area contributed by atoms with Crippen LogP contribution < -0.4 is 15.5 Å². The standard InChI is InChI=1S/C23H27N3O3/c1-4-15(2)20-7-5-6-8-21(20)26-14-17(13-22(26)28)23(29)25-19-11-9-18(10-12-19)24-16(3)27/h5-12,15,17H,4,13-14H2,1-3H3,(H,24,27)(H,25,29). The number of hydrogen-bond donors (Lipinski definition) is 2. The second-order valence-electron chi connectivity index (χ2n) is 7.52. The van der Waals surface area contributed by atoms with Gasteiger partial charge in [-0.1, -0.05) is 32.0 Å². The van der Waals surface area contributed by atoms with Crippen LogP contribution in [0, 0.1) is 5.92 Å². The summed E-state index contributed by atoms with van der Waals surface area (Å²) in [6.45, 7) is 6.09. The van der Waals surface area contributed by atoms with Crippen LogP contribution in [-0.2, 0) is 14.4 Å². The molecule has 1 heterocycles. The topological polar surface area (TPSA) is 78.5 Å². The van der Waals surface area contributed by atoms with Crippen LogP contribution in [0.2, 0.25) is 0 Å². The molecule has 0 spiro atoms. The lowest BCUT2D eigenvalue weighted by Crippen LogP contribution is -2.29. The Labute approximate surface area is 171 Å². The van der Waals surface area contributed by atoms with E-state index >= 15 is 0 Å². The highest BCUT2D eigenvalue weighted by molar-refractivity contribution is 6.04. The van der Waals surface area contributed by atoms with Gasteiger partial charge >= 0.3 is 0 Å². The first-order valence-corrected chi connectivity index (χ1v) is 9.96. The molecule has 3 amide bonds. The van der Waals surface area contributed by atoms with Crippen molar-refractivity contribution in [2.75, 3.05) is 22.1 Å². The zero-order valence-corrected chi connectivity index (χ0v) is 17.1. The summed E-state index contributed by atoms with van der Waals surface area (Å²) in [7, 11) is 0. The molecule has 2 unspecified atom stereocenters. The van der Waals surface area contributed by atoms with Crippen LogP contribution in [0.5, 0.6) is 0 Å². The van der Waals surface area contributed by atoms with E-state index in [0.29, 0.717) is 23.8 Å². The number of para-hydroxylation sites is 1. The number of anilines is 3. The Morgan fingerprint density at radius 1 is 1.07 bits per heavy atom. The van der Waals surface area contributed by atoms with Gasteiger partial charge in [0.05, 0.1) is 5.92 Å². The van der Waals surface area contributed by atoms with Crippen molar-refractivity contribution in [3.63, 3.8) is 0 Å². The Bertz CT molecular complexity index is 908. The number of rotatable bonds is 6. The fourth-order valence-electron chi connectivity index (χ4n) is 3.57. The van der Waals surface area contributed by atoms with E-state index in [1.165, 1.54) is 6.92 Å². The van der Waals surface area contributed by atoms with Crippen molar-refractivity contribution in [2.45, 2.75) is 39.5 Å². The Morgan fingerprint density at radius 3 is 2.31 bits per heavy atom. The van der Waals surface area contributed by atoms with Crippen molar-refractivity contribution in [1.29, 1.82) is 0 Å². The first-order chi connectivity index (χ1) is 13.9. The molecule has 1 fully saturated rings. The minimum absolute atomic E-state index is 0.0260. The number of carbonyl (C=O) groups excluding carboxylic acids is 3. The average Bonchev–Trinajstić information content (AvgIpc) is 3.10. The van der Waals surface area contributed by atoms with Gasteiger partial charge in [-0.2, -0.15) is 0 Å². The molecule has 1 saturated heterocycles. The maximum Gasteiger partial charge on any atom is 0.229 e. The van der Waals surface area contributed by atoms with Gasteiger partial charge in [-0.05, 0) is 48.2 Å². The molecule has 2 N–H and O–H groups in total. The molecule has 6 heteroatoms. The second kappa shape index (κ2) is 8.90. The van der Waals surface area contributed by atoms with Gasteiger partial charge in [-0.25, -0.2) is 0 Å². The molecule has 1 aliphatic heterocycles. The highest BCUT2D eigenvalue weighted by Gasteiger charge is 2.36. The third-order valence-electron chi connectivity index (χ3n) is 5.34. The van der Waals surface area contributed by atoms with Crippen molar-refractivity contribution in [3.8, 4) is 0 Å². The summed E-state index contributed by atoms with van der Waals surface area (Å²) >= 11 is 0. The third-order valence-corrected chi connectivity index (χ3v) is 5.34. The normalized spacial score (nSPS) is 17.1. The SMILES string of the molecule is CCC(C)c1ccccc1N1CC(C(=O)Nc2ccc(NC(C)=O)cc2)CC1=O. The van der Waals surface area contributed by atoms with E-state index in [9.17, 15) is 14.4 Å². The molecule has 152 valence electrons. The van der Waals surface area contributed by atoms with Crippen LogP contribution in [0.15, 0.2) is 48.5 Å². The second-order valence-corrected chi connectivity index (χ2v) is 7.52. The van der Waals surface area contributed by atoms with Gasteiger partial charge in [0.2, 0.25) is 17.7 Å². The highest BCUT2D eigenvalue weighted by Crippen LogP contribution is 2.33. The van der Waals surface area contributed by atoms with Crippen LogP contribution in [-0.4, -0.2) is 24.3 Å². The molecule has 2 atom stereocenters. The lowest BCUT2D eigenvalue weighted by molar-refractivity contribution is -0.122. The molecule has 1 aliphatic rings. The van der Waals surface area contributed by atoms with Gasteiger partial charge in [-0.15, -0.1) is 0 Å². The smallest absolute Gasteiger partial charge is 0.229 e. The summed E-state index contributed by atoms with van der Waals surface area (Å²) in [5, 5.41) is 5.56.